The van der Waals surface area contributed by atoms with Crippen LogP contribution in [-0.4, -0.2) is 29.8 Å². The van der Waals surface area contributed by atoms with E-state index in [-0.39, 0.29) is 18.4 Å². The number of rotatable bonds is 10. The van der Waals surface area contributed by atoms with Crippen LogP contribution in [0.1, 0.15) is 37.3 Å². The zero-order valence-electron chi connectivity index (χ0n) is 15.8. The molecule has 144 valence electrons. The van der Waals surface area contributed by atoms with Crippen LogP contribution in [0.2, 0.25) is 0 Å². The van der Waals surface area contributed by atoms with Gasteiger partial charge < -0.3 is 10.2 Å². The maximum Gasteiger partial charge on any atom is 0.242 e. The van der Waals surface area contributed by atoms with Crippen LogP contribution in [0.4, 0.5) is 0 Å². The van der Waals surface area contributed by atoms with Crippen molar-refractivity contribution in [2.75, 3.05) is 13.1 Å². The second-order valence-corrected chi connectivity index (χ2v) is 7.42. The van der Waals surface area contributed by atoms with Gasteiger partial charge in [-0.25, -0.2) is 0 Å². The first-order valence-corrected chi connectivity index (χ1v) is 10.2. The van der Waals surface area contributed by atoms with Crippen LogP contribution in [0.15, 0.2) is 59.1 Å². The van der Waals surface area contributed by atoms with Crippen molar-refractivity contribution >= 4 is 27.7 Å². The van der Waals surface area contributed by atoms with E-state index in [0.717, 1.165) is 29.3 Å². The predicted octanol–water partition coefficient (Wildman–Crippen LogP) is 4.33. The summed E-state index contributed by atoms with van der Waals surface area (Å²) in [7, 11) is 0. The fourth-order valence-corrected chi connectivity index (χ4v) is 3.08. The molecule has 0 spiro atoms. The number of likely N-dealkylation sites (N-methyl/N-ethyl adjacent to an activating group) is 1. The van der Waals surface area contributed by atoms with E-state index in [4.69, 9.17) is 0 Å². The van der Waals surface area contributed by atoms with E-state index in [1.54, 1.807) is 4.90 Å². The van der Waals surface area contributed by atoms with Crippen LogP contribution in [-0.2, 0) is 22.6 Å². The van der Waals surface area contributed by atoms with Gasteiger partial charge in [-0.15, -0.1) is 0 Å². The molecule has 1 N–H and O–H groups in total. The fourth-order valence-electron chi connectivity index (χ4n) is 2.82. The van der Waals surface area contributed by atoms with Crippen LogP contribution in [0.25, 0.3) is 0 Å². The summed E-state index contributed by atoms with van der Waals surface area (Å²) in [5.74, 6) is -0.112. The minimum atomic E-state index is -0.0603. The Morgan fingerprint density at radius 2 is 1.67 bits per heavy atom. The second kappa shape index (κ2) is 11.5. The number of unbranched alkanes of at least 4 members (excludes halogenated alkanes) is 1. The van der Waals surface area contributed by atoms with Gasteiger partial charge in [0.2, 0.25) is 11.8 Å². The molecule has 4 nitrogen and oxygen atoms in total. The largest absolute Gasteiger partial charge is 0.347 e. The molecule has 0 heterocycles. The van der Waals surface area contributed by atoms with Crippen molar-refractivity contribution < 1.29 is 9.59 Å². The molecule has 0 aliphatic heterocycles. The Bertz CT molecular complexity index is 717. The molecule has 0 saturated carbocycles. The molecule has 0 fully saturated rings. The van der Waals surface area contributed by atoms with Gasteiger partial charge in [0.05, 0.1) is 6.54 Å². The molecule has 0 aliphatic rings. The fraction of sp³-hybridized carbons (Fsp3) is 0.364. The lowest BCUT2D eigenvalue weighted by molar-refractivity contribution is -0.133. The van der Waals surface area contributed by atoms with Crippen molar-refractivity contribution in [1.29, 1.82) is 0 Å². The first kappa shape index (κ1) is 21.2. The quantitative estimate of drug-likeness (QED) is 0.570. The number of hydrogen-bond donors (Lipinski definition) is 1. The molecular weight excluding hydrogens is 404 g/mol. The van der Waals surface area contributed by atoms with Gasteiger partial charge in [0.25, 0.3) is 0 Å². The number of halogens is 1. The second-order valence-electron chi connectivity index (χ2n) is 6.50. The summed E-state index contributed by atoms with van der Waals surface area (Å²) < 4.78 is 1.07. The van der Waals surface area contributed by atoms with Gasteiger partial charge in [-0.05, 0) is 49.4 Å². The Morgan fingerprint density at radius 3 is 2.33 bits per heavy atom. The Morgan fingerprint density at radius 1 is 0.963 bits per heavy atom. The Labute approximate surface area is 170 Å². The van der Waals surface area contributed by atoms with Crippen molar-refractivity contribution in [2.45, 2.75) is 39.2 Å². The zero-order valence-corrected chi connectivity index (χ0v) is 17.4. The Hall–Kier alpha value is -2.14. The highest BCUT2D eigenvalue weighted by atomic mass is 79.9. The lowest BCUT2D eigenvalue weighted by Crippen LogP contribution is -2.39. The average Bonchev–Trinajstić information content (AvgIpc) is 2.69. The smallest absolute Gasteiger partial charge is 0.242 e. The maximum atomic E-state index is 12.3. The molecule has 2 aromatic carbocycles. The minimum Gasteiger partial charge on any atom is -0.347 e. The third kappa shape index (κ3) is 7.95. The van der Waals surface area contributed by atoms with Crippen LogP contribution >= 0.6 is 15.9 Å². The van der Waals surface area contributed by atoms with Gasteiger partial charge in [0.1, 0.15) is 0 Å². The summed E-state index contributed by atoms with van der Waals surface area (Å²) >= 11 is 3.42. The molecule has 27 heavy (non-hydrogen) atoms. The van der Waals surface area contributed by atoms with Gasteiger partial charge in [0, 0.05) is 24.0 Å². The molecular formula is C22H27BrN2O2. The molecule has 0 unspecified atom stereocenters. The molecule has 2 rings (SSSR count). The van der Waals surface area contributed by atoms with Crippen molar-refractivity contribution in [3.05, 3.63) is 70.2 Å². The van der Waals surface area contributed by atoms with Crippen LogP contribution in [0, 0.1) is 0 Å². The third-order valence-electron chi connectivity index (χ3n) is 4.42. The normalized spacial score (nSPS) is 10.4. The summed E-state index contributed by atoms with van der Waals surface area (Å²) in [6.45, 7) is 3.20. The number of nitrogens with one attached hydrogen (secondary N) is 1. The lowest BCUT2D eigenvalue weighted by Gasteiger charge is -2.21. The Balaban J connectivity index is 1.64. The minimum absolute atomic E-state index is 0.0513. The topological polar surface area (TPSA) is 49.4 Å². The summed E-state index contributed by atoms with van der Waals surface area (Å²) in [4.78, 5) is 26.1. The molecule has 5 heteroatoms. The van der Waals surface area contributed by atoms with Crippen LogP contribution in [0.5, 0.6) is 0 Å². The van der Waals surface area contributed by atoms with E-state index in [1.165, 1.54) is 5.56 Å². The SMILES string of the molecule is CCN(Cc1ccccc1)C(=O)CNC(=O)CCCCc1ccc(Br)cc1. The van der Waals surface area contributed by atoms with Gasteiger partial charge in [-0.2, -0.15) is 0 Å². The molecule has 2 aromatic rings. The van der Waals surface area contributed by atoms with E-state index in [9.17, 15) is 9.59 Å². The average molecular weight is 431 g/mol. The molecule has 2 amide bonds. The zero-order chi connectivity index (χ0) is 19.5. The third-order valence-corrected chi connectivity index (χ3v) is 4.95. The summed E-state index contributed by atoms with van der Waals surface area (Å²) in [6, 6.07) is 18.1. The highest BCUT2D eigenvalue weighted by Crippen LogP contribution is 2.13. The van der Waals surface area contributed by atoms with Crippen LogP contribution < -0.4 is 5.32 Å². The first-order chi connectivity index (χ1) is 13.1. The van der Waals surface area contributed by atoms with Crippen molar-refractivity contribution in [3.63, 3.8) is 0 Å². The van der Waals surface area contributed by atoms with Gasteiger partial charge in [-0.3, -0.25) is 9.59 Å². The van der Waals surface area contributed by atoms with E-state index in [0.29, 0.717) is 19.5 Å². The maximum absolute atomic E-state index is 12.3. The van der Waals surface area contributed by atoms with E-state index < -0.39 is 0 Å². The lowest BCUT2D eigenvalue weighted by atomic mass is 10.1. The van der Waals surface area contributed by atoms with Crippen LogP contribution in [0.3, 0.4) is 0 Å². The van der Waals surface area contributed by atoms with E-state index >= 15 is 0 Å². The molecule has 0 atom stereocenters. The van der Waals surface area contributed by atoms with Gasteiger partial charge >= 0.3 is 0 Å². The van der Waals surface area contributed by atoms with Crippen molar-refractivity contribution in [1.82, 2.24) is 10.2 Å². The number of amides is 2. The Kier molecular flexibility index (Phi) is 9.05. The standard InChI is InChI=1S/C22H27BrN2O2/c1-2-25(17-19-9-4-3-5-10-19)22(27)16-24-21(26)11-7-6-8-18-12-14-20(23)15-13-18/h3-5,9-10,12-15H,2,6-8,11,16-17H2,1H3,(H,24,26). The summed E-state index contributed by atoms with van der Waals surface area (Å²) in [6.07, 6.45) is 3.19. The van der Waals surface area contributed by atoms with Gasteiger partial charge in [0.15, 0.2) is 0 Å². The number of aryl methyl sites for hydroxylation is 1. The highest BCUT2D eigenvalue weighted by molar-refractivity contribution is 9.10. The molecule has 0 aliphatic carbocycles. The molecule has 0 radical (unpaired) electrons. The molecule has 0 saturated heterocycles. The summed E-state index contributed by atoms with van der Waals surface area (Å²) in [5, 5.41) is 2.75. The monoisotopic (exact) mass is 430 g/mol. The molecule has 0 bridgehead atoms. The van der Waals surface area contributed by atoms with E-state index in [2.05, 4.69) is 33.4 Å². The first-order valence-electron chi connectivity index (χ1n) is 9.41. The number of hydrogen-bond acceptors (Lipinski definition) is 2. The number of nitrogens with zero attached hydrogens (tertiary/aromatic N) is 1. The number of benzene rings is 2. The van der Waals surface area contributed by atoms with Gasteiger partial charge in [-0.1, -0.05) is 58.4 Å². The predicted molar refractivity (Wildman–Crippen MR) is 112 cm³/mol. The van der Waals surface area contributed by atoms with E-state index in [1.807, 2.05) is 49.4 Å². The van der Waals surface area contributed by atoms with Crippen molar-refractivity contribution in [2.24, 2.45) is 0 Å². The molecule has 0 aromatic heterocycles. The van der Waals surface area contributed by atoms with Crippen molar-refractivity contribution in [3.8, 4) is 0 Å². The summed E-state index contributed by atoms with van der Waals surface area (Å²) in [5.41, 5.74) is 2.36. The number of carbonyl (C=O) groups excluding carboxylic acids is 2. The number of carbonyl (C=O) groups is 2. The highest BCUT2D eigenvalue weighted by Gasteiger charge is 2.13.